The van der Waals surface area contributed by atoms with Crippen LogP contribution in [0.15, 0.2) is 18.2 Å². The van der Waals surface area contributed by atoms with Crippen molar-refractivity contribution in [3.8, 4) is 0 Å². The molecule has 1 amide bonds. The van der Waals surface area contributed by atoms with E-state index in [4.69, 9.17) is 11.6 Å². The maximum atomic E-state index is 12.8. The van der Waals surface area contributed by atoms with Gasteiger partial charge < -0.3 is 19.7 Å². The van der Waals surface area contributed by atoms with Crippen molar-refractivity contribution >= 4 is 34.4 Å². The van der Waals surface area contributed by atoms with Crippen LogP contribution in [-0.4, -0.2) is 53.2 Å². The van der Waals surface area contributed by atoms with E-state index in [1.54, 1.807) is 4.90 Å². The Bertz CT molecular complexity index is 809. The van der Waals surface area contributed by atoms with Gasteiger partial charge in [-0.1, -0.05) is 23.2 Å². The number of likely N-dealkylation sites (tertiary alicyclic amines) is 1. The Labute approximate surface area is 150 Å². The number of H-pyrrole nitrogens is 1. The molecule has 1 atom stereocenters. The highest BCUT2D eigenvalue weighted by Gasteiger charge is 2.33. The SMILES string of the molecule is COC(=O)[C@@H](O)C1CCN(C(=O)c2[nH]c3ccc(C)cc3c2Cl)CC1. The maximum Gasteiger partial charge on any atom is 0.334 e. The molecule has 7 heteroatoms. The summed E-state index contributed by atoms with van der Waals surface area (Å²) >= 11 is 6.40. The van der Waals surface area contributed by atoms with Crippen LogP contribution in [-0.2, 0) is 9.53 Å². The lowest BCUT2D eigenvalue weighted by molar-refractivity contribution is -0.154. The van der Waals surface area contributed by atoms with E-state index in [-0.39, 0.29) is 11.8 Å². The zero-order valence-electron chi connectivity index (χ0n) is 14.2. The van der Waals surface area contributed by atoms with Crippen LogP contribution in [0.5, 0.6) is 0 Å². The summed E-state index contributed by atoms with van der Waals surface area (Å²) in [5.74, 6) is -0.985. The molecule has 1 aliphatic heterocycles. The molecule has 1 aromatic carbocycles. The van der Waals surface area contributed by atoms with E-state index in [2.05, 4.69) is 9.72 Å². The average Bonchev–Trinajstić information content (AvgIpc) is 2.96. The second kappa shape index (κ2) is 7.06. The van der Waals surface area contributed by atoms with Gasteiger partial charge >= 0.3 is 5.97 Å². The van der Waals surface area contributed by atoms with E-state index in [0.717, 1.165) is 16.5 Å². The number of nitrogens with zero attached hydrogens (tertiary/aromatic N) is 1. The van der Waals surface area contributed by atoms with Gasteiger partial charge in [0.2, 0.25) is 0 Å². The molecule has 1 aromatic heterocycles. The van der Waals surface area contributed by atoms with Gasteiger partial charge in [-0.3, -0.25) is 4.79 Å². The first-order valence-corrected chi connectivity index (χ1v) is 8.63. The number of benzene rings is 1. The highest BCUT2D eigenvalue weighted by molar-refractivity contribution is 6.38. The fourth-order valence-corrected chi connectivity index (χ4v) is 3.59. The van der Waals surface area contributed by atoms with Crippen LogP contribution in [0.3, 0.4) is 0 Å². The summed E-state index contributed by atoms with van der Waals surface area (Å²) in [5.41, 5.74) is 2.29. The van der Waals surface area contributed by atoms with E-state index >= 15 is 0 Å². The highest BCUT2D eigenvalue weighted by Crippen LogP contribution is 2.30. The highest BCUT2D eigenvalue weighted by atomic mass is 35.5. The third kappa shape index (κ3) is 3.37. The lowest BCUT2D eigenvalue weighted by atomic mass is 9.91. The second-order valence-corrected chi connectivity index (χ2v) is 6.84. The van der Waals surface area contributed by atoms with Crippen molar-refractivity contribution in [2.45, 2.75) is 25.9 Å². The van der Waals surface area contributed by atoms with Crippen LogP contribution in [0.2, 0.25) is 5.02 Å². The number of rotatable bonds is 3. The minimum absolute atomic E-state index is 0.162. The van der Waals surface area contributed by atoms with Crippen LogP contribution in [0.25, 0.3) is 10.9 Å². The number of nitrogens with one attached hydrogen (secondary N) is 1. The van der Waals surface area contributed by atoms with Crippen LogP contribution in [0.4, 0.5) is 0 Å². The Morgan fingerprint density at radius 1 is 1.36 bits per heavy atom. The van der Waals surface area contributed by atoms with Crippen molar-refractivity contribution in [1.82, 2.24) is 9.88 Å². The monoisotopic (exact) mass is 364 g/mol. The smallest absolute Gasteiger partial charge is 0.334 e. The molecule has 0 radical (unpaired) electrons. The van der Waals surface area contributed by atoms with Crippen LogP contribution in [0.1, 0.15) is 28.9 Å². The van der Waals surface area contributed by atoms with Crippen LogP contribution in [0, 0.1) is 12.8 Å². The summed E-state index contributed by atoms with van der Waals surface area (Å²) in [6.45, 7) is 2.90. The minimum atomic E-state index is -1.14. The van der Waals surface area contributed by atoms with Gasteiger partial charge in [-0.05, 0) is 37.8 Å². The van der Waals surface area contributed by atoms with Gasteiger partial charge in [0.15, 0.2) is 6.10 Å². The van der Waals surface area contributed by atoms with Gasteiger partial charge in [-0.25, -0.2) is 4.79 Å². The third-order valence-corrected chi connectivity index (χ3v) is 5.21. The molecule has 0 bridgehead atoms. The Morgan fingerprint density at radius 3 is 2.68 bits per heavy atom. The molecule has 1 fully saturated rings. The van der Waals surface area contributed by atoms with Crippen molar-refractivity contribution in [2.75, 3.05) is 20.2 Å². The zero-order valence-corrected chi connectivity index (χ0v) is 15.0. The molecule has 134 valence electrons. The summed E-state index contributed by atoms with van der Waals surface area (Å²) in [6, 6.07) is 5.82. The van der Waals surface area contributed by atoms with Gasteiger partial charge in [0.1, 0.15) is 5.69 Å². The van der Waals surface area contributed by atoms with Crippen molar-refractivity contribution in [2.24, 2.45) is 5.92 Å². The third-order valence-electron chi connectivity index (χ3n) is 4.82. The number of aromatic nitrogens is 1. The number of ether oxygens (including phenoxy) is 1. The van der Waals surface area contributed by atoms with Crippen LogP contribution >= 0.6 is 11.6 Å². The number of hydrogen-bond donors (Lipinski definition) is 2. The van der Waals surface area contributed by atoms with Crippen molar-refractivity contribution in [3.05, 3.63) is 34.5 Å². The Kier molecular flexibility index (Phi) is 5.01. The molecule has 2 aromatic rings. The topological polar surface area (TPSA) is 82.6 Å². The largest absolute Gasteiger partial charge is 0.467 e. The van der Waals surface area contributed by atoms with Crippen molar-refractivity contribution in [1.29, 1.82) is 0 Å². The standard InChI is InChI=1S/C18H21ClN2O4/c1-10-3-4-13-12(9-10)14(19)15(20-13)17(23)21-7-5-11(6-8-21)16(22)18(24)25-2/h3-4,9,11,16,20,22H,5-8H2,1-2H3/t16-/m0/s1. The number of piperidine rings is 1. The first kappa shape index (κ1) is 17.8. The molecule has 3 rings (SSSR count). The number of aromatic amines is 1. The van der Waals surface area contributed by atoms with Gasteiger partial charge in [0.05, 0.1) is 12.1 Å². The van der Waals surface area contributed by atoms with Crippen molar-refractivity contribution in [3.63, 3.8) is 0 Å². The number of methoxy groups -OCH3 is 1. The van der Waals surface area contributed by atoms with Gasteiger partial charge in [0.25, 0.3) is 5.91 Å². The number of fused-ring (bicyclic) bond motifs is 1. The maximum absolute atomic E-state index is 12.8. The molecule has 0 saturated carbocycles. The molecular formula is C18H21ClN2O4. The number of amides is 1. The number of hydrogen-bond acceptors (Lipinski definition) is 4. The molecule has 2 heterocycles. The van der Waals surface area contributed by atoms with Crippen molar-refractivity contribution < 1.29 is 19.4 Å². The first-order chi connectivity index (χ1) is 11.9. The summed E-state index contributed by atoms with van der Waals surface area (Å²) < 4.78 is 4.58. The quantitative estimate of drug-likeness (QED) is 0.820. The minimum Gasteiger partial charge on any atom is -0.467 e. The molecule has 6 nitrogen and oxygen atoms in total. The number of esters is 1. The Balaban J connectivity index is 1.73. The van der Waals surface area contributed by atoms with E-state index in [1.807, 2.05) is 25.1 Å². The summed E-state index contributed by atoms with van der Waals surface area (Å²) in [4.78, 5) is 29.0. The first-order valence-electron chi connectivity index (χ1n) is 8.25. The lowest BCUT2D eigenvalue weighted by Crippen LogP contribution is -2.43. The number of carbonyl (C=O) groups excluding carboxylic acids is 2. The number of carbonyl (C=O) groups is 2. The molecule has 0 unspecified atom stereocenters. The fourth-order valence-electron chi connectivity index (χ4n) is 3.31. The number of aliphatic hydroxyl groups excluding tert-OH is 1. The molecule has 1 saturated heterocycles. The Hall–Kier alpha value is -2.05. The van der Waals surface area contributed by atoms with E-state index in [1.165, 1.54) is 7.11 Å². The normalized spacial score (nSPS) is 16.9. The van der Waals surface area contributed by atoms with Gasteiger partial charge in [0, 0.05) is 24.0 Å². The predicted octanol–water partition coefficient (Wildman–Crippen LogP) is 2.52. The number of aliphatic hydroxyl groups is 1. The van der Waals surface area contributed by atoms with Crippen LogP contribution < -0.4 is 0 Å². The predicted molar refractivity (Wildman–Crippen MR) is 94.7 cm³/mol. The van der Waals surface area contributed by atoms with E-state index < -0.39 is 12.1 Å². The number of halogens is 1. The van der Waals surface area contributed by atoms with E-state index in [9.17, 15) is 14.7 Å². The van der Waals surface area contributed by atoms with Gasteiger partial charge in [-0.2, -0.15) is 0 Å². The molecular weight excluding hydrogens is 344 g/mol. The summed E-state index contributed by atoms with van der Waals surface area (Å²) in [5, 5.41) is 11.2. The fraction of sp³-hybridized carbons (Fsp3) is 0.444. The summed E-state index contributed by atoms with van der Waals surface area (Å²) in [7, 11) is 1.25. The summed E-state index contributed by atoms with van der Waals surface area (Å²) in [6.07, 6.45) is -0.0559. The number of aryl methyl sites for hydroxylation is 1. The molecule has 25 heavy (non-hydrogen) atoms. The second-order valence-electron chi connectivity index (χ2n) is 6.46. The molecule has 0 spiro atoms. The lowest BCUT2D eigenvalue weighted by Gasteiger charge is -2.33. The zero-order chi connectivity index (χ0) is 18.1. The molecule has 2 N–H and O–H groups in total. The van der Waals surface area contributed by atoms with Gasteiger partial charge in [-0.15, -0.1) is 0 Å². The Morgan fingerprint density at radius 2 is 2.04 bits per heavy atom. The molecule has 0 aliphatic carbocycles. The average molecular weight is 365 g/mol. The van der Waals surface area contributed by atoms with E-state index in [0.29, 0.717) is 36.6 Å². The molecule has 1 aliphatic rings.